The quantitative estimate of drug-likeness (QED) is 0.565. The van der Waals surface area contributed by atoms with Gasteiger partial charge in [0.15, 0.2) is 0 Å². The van der Waals surface area contributed by atoms with Gasteiger partial charge < -0.3 is 10.2 Å². The van der Waals surface area contributed by atoms with Gasteiger partial charge in [-0.25, -0.2) is 4.79 Å². The van der Waals surface area contributed by atoms with E-state index in [1.54, 1.807) is 0 Å². The van der Waals surface area contributed by atoms with E-state index < -0.39 is 18.4 Å². The van der Waals surface area contributed by atoms with Crippen molar-refractivity contribution in [3.05, 3.63) is 11.6 Å². The summed E-state index contributed by atoms with van der Waals surface area (Å²) in [7, 11) is 0. The molecule has 0 unspecified atom stereocenters. The molecule has 0 atom stereocenters. The predicted molar refractivity (Wildman–Crippen MR) is 33.6 cm³/mol. The standard InChI is InChI=1S/C6H8O4/c1-2-4(6(9)10)3-5(7)8/h2H,3H2,1H3,(H,7,8)(H,9,10). The molecule has 10 heavy (non-hydrogen) atoms. The maximum absolute atomic E-state index is 10.1. The molecule has 0 heterocycles. The van der Waals surface area contributed by atoms with E-state index in [0.29, 0.717) is 0 Å². The van der Waals surface area contributed by atoms with Crippen molar-refractivity contribution in [3.63, 3.8) is 0 Å². The molecule has 0 aromatic rings. The number of hydrogen-bond donors (Lipinski definition) is 2. The largest absolute Gasteiger partial charge is 0.481 e. The second-order valence-corrected chi connectivity index (χ2v) is 1.69. The molecule has 0 aliphatic heterocycles. The van der Waals surface area contributed by atoms with Gasteiger partial charge >= 0.3 is 11.9 Å². The predicted octanol–water partition coefficient (Wildman–Crippen LogP) is 0.492. The SMILES string of the molecule is CC=C(CC(=O)O)C(=O)O. The monoisotopic (exact) mass is 144 g/mol. The molecule has 0 radical (unpaired) electrons. The first-order valence-corrected chi connectivity index (χ1v) is 2.68. The molecule has 56 valence electrons. The van der Waals surface area contributed by atoms with Gasteiger partial charge in [0.2, 0.25) is 0 Å². The van der Waals surface area contributed by atoms with Crippen LogP contribution in [0.15, 0.2) is 11.6 Å². The summed E-state index contributed by atoms with van der Waals surface area (Å²) >= 11 is 0. The van der Waals surface area contributed by atoms with Crippen LogP contribution < -0.4 is 0 Å². The molecular weight excluding hydrogens is 136 g/mol. The van der Waals surface area contributed by atoms with Crippen LogP contribution in [0.3, 0.4) is 0 Å². The molecule has 4 nitrogen and oxygen atoms in total. The lowest BCUT2D eigenvalue weighted by molar-refractivity contribution is -0.139. The smallest absolute Gasteiger partial charge is 0.331 e. The lowest BCUT2D eigenvalue weighted by Gasteiger charge is -1.93. The topological polar surface area (TPSA) is 74.6 Å². The van der Waals surface area contributed by atoms with Crippen LogP contribution in [0.2, 0.25) is 0 Å². The Labute approximate surface area is 57.8 Å². The van der Waals surface area contributed by atoms with Gasteiger partial charge in [-0.05, 0) is 6.92 Å². The van der Waals surface area contributed by atoms with Gasteiger partial charge in [0.25, 0.3) is 0 Å². The van der Waals surface area contributed by atoms with Crippen molar-refractivity contribution >= 4 is 11.9 Å². The van der Waals surface area contributed by atoms with Gasteiger partial charge in [0.1, 0.15) is 0 Å². The Morgan fingerprint density at radius 2 is 1.90 bits per heavy atom. The third-order valence-corrected chi connectivity index (χ3v) is 0.965. The highest BCUT2D eigenvalue weighted by Gasteiger charge is 2.09. The molecule has 0 aliphatic rings. The molecule has 0 aromatic heterocycles. The maximum atomic E-state index is 10.1. The van der Waals surface area contributed by atoms with Crippen molar-refractivity contribution in [2.24, 2.45) is 0 Å². The van der Waals surface area contributed by atoms with Crippen LogP contribution in [0.1, 0.15) is 13.3 Å². The molecule has 4 heteroatoms. The number of hydrogen-bond acceptors (Lipinski definition) is 2. The van der Waals surface area contributed by atoms with Crippen LogP contribution in [0.25, 0.3) is 0 Å². The third kappa shape index (κ3) is 2.86. The Morgan fingerprint density at radius 1 is 1.40 bits per heavy atom. The van der Waals surface area contributed by atoms with E-state index in [4.69, 9.17) is 10.2 Å². The van der Waals surface area contributed by atoms with E-state index in [-0.39, 0.29) is 5.57 Å². The fraction of sp³-hybridized carbons (Fsp3) is 0.333. The maximum Gasteiger partial charge on any atom is 0.331 e. The van der Waals surface area contributed by atoms with Crippen molar-refractivity contribution in [1.82, 2.24) is 0 Å². The first-order valence-electron chi connectivity index (χ1n) is 2.68. The van der Waals surface area contributed by atoms with Crippen LogP contribution in [0.4, 0.5) is 0 Å². The Kier molecular flexibility index (Phi) is 3.17. The summed E-state index contributed by atoms with van der Waals surface area (Å²) < 4.78 is 0. The number of carbonyl (C=O) groups is 2. The van der Waals surface area contributed by atoms with Crippen molar-refractivity contribution < 1.29 is 19.8 Å². The Hall–Kier alpha value is -1.32. The summed E-state index contributed by atoms with van der Waals surface area (Å²) in [5.74, 6) is -2.31. The van der Waals surface area contributed by atoms with Crippen LogP contribution in [0, 0.1) is 0 Å². The van der Waals surface area contributed by atoms with Crippen molar-refractivity contribution in [2.45, 2.75) is 13.3 Å². The molecule has 0 spiro atoms. The molecule has 0 fully saturated rings. The molecule has 0 saturated heterocycles. The lowest BCUT2D eigenvalue weighted by atomic mass is 10.2. The van der Waals surface area contributed by atoms with Gasteiger partial charge in [0, 0.05) is 5.57 Å². The van der Waals surface area contributed by atoms with Crippen LogP contribution in [-0.2, 0) is 9.59 Å². The molecule has 0 amide bonds. The molecule has 0 rings (SSSR count). The minimum absolute atomic E-state index is 0.0903. The van der Waals surface area contributed by atoms with Crippen LogP contribution in [-0.4, -0.2) is 22.2 Å². The average molecular weight is 144 g/mol. The third-order valence-electron chi connectivity index (χ3n) is 0.965. The molecule has 0 bridgehead atoms. The zero-order valence-corrected chi connectivity index (χ0v) is 5.50. The summed E-state index contributed by atoms with van der Waals surface area (Å²) in [4.78, 5) is 20.1. The first kappa shape index (κ1) is 8.68. The van der Waals surface area contributed by atoms with Gasteiger partial charge in [-0.2, -0.15) is 0 Å². The second kappa shape index (κ2) is 3.66. The highest BCUT2D eigenvalue weighted by molar-refractivity contribution is 5.91. The summed E-state index contributed by atoms with van der Waals surface area (Å²) in [6.45, 7) is 1.49. The van der Waals surface area contributed by atoms with Gasteiger partial charge in [-0.1, -0.05) is 6.08 Å². The fourth-order valence-corrected chi connectivity index (χ4v) is 0.464. The highest BCUT2D eigenvalue weighted by atomic mass is 16.4. The van der Waals surface area contributed by atoms with Crippen LogP contribution in [0.5, 0.6) is 0 Å². The summed E-state index contributed by atoms with van der Waals surface area (Å²) in [5.41, 5.74) is -0.0903. The minimum Gasteiger partial charge on any atom is -0.481 e. The molecule has 2 N–H and O–H groups in total. The van der Waals surface area contributed by atoms with Gasteiger partial charge in [-0.15, -0.1) is 0 Å². The molecule has 0 aromatic carbocycles. The van der Waals surface area contributed by atoms with Crippen molar-refractivity contribution in [2.75, 3.05) is 0 Å². The van der Waals surface area contributed by atoms with E-state index in [0.717, 1.165) is 0 Å². The lowest BCUT2D eigenvalue weighted by Crippen LogP contribution is -2.05. The van der Waals surface area contributed by atoms with E-state index in [9.17, 15) is 9.59 Å². The number of aliphatic carboxylic acids is 2. The van der Waals surface area contributed by atoms with Gasteiger partial charge in [-0.3, -0.25) is 4.79 Å². The normalized spacial score (nSPS) is 11.1. The Morgan fingerprint density at radius 3 is 2.00 bits per heavy atom. The van der Waals surface area contributed by atoms with E-state index in [2.05, 4.69) is 0 Å². The van der Waals surface area contributed by atoms with E-state index >= 15 is 0 Å². The van der Waals surface area contributed by atoms with Crippen LogP contribution >= 0.6 is 0 Å². The summed E-state index contributed by atoms with van der Waals surface area (Å²) in [6, 6.07) is 0. The summed E-state index contributed by atoms with van der Waals surface area (Å²) in [5, 5.41) is 16.5. The zero-order valence-electron chi connectivity index (χ0n) is 5.50. The second-order valence-electron chi connectivity index (χ2n) is 1.69. The fourth-order valence-electron chi connectivity index (χ4n) is 0.464. The van der Waals surface area contributed by atoms with Gasteiger partial charge in [0.05, 0.1) is 6.42 Å². The Balaban J connectivity index is 4.12. The number of allylic oxidation sites excluding steroid dienone is 1. The summed E-state index contributed by atoms with van der Waals surface area (Å²) in [6.07, 6.45) is 0.849. The van der Waals surface area contributed by atoms with E-state index in [1.807, 2.05) is 0 Å². The molecular formula is C6H8O4. The number of carboxylic acids is 2. The number of carboxylic acid groups (broad SMARTS) is 2. The highest BCUT2D eigenvalue weighted by Crippen LogP contribution is 1.99. The van der Waals surface area contributed by atoms with Crippen molar-refractivity contribution in [1.29, 1.82) is 0 Å². The van der Waals surface area contributed by atoms with Crippen molar-refractivity contribution in [3.8, 4) is 0 Å². The molecule has 0 saturated carbocycles. The first-order chi connectivity index (χ1) is 4.57. The Bertz CT molecular complexity index is 180. The van der Waals surface area contributed by atoms with E-state index in [1.165, 1.54) is 13.0 Å². The zero-order chi connectivity index (χ0) is 8.15. The molecule has 0 aliphatic carbocycles. The minimum atomic E-state index is -1.18. The number of rotatable bonds is 3. The average Bonchev–Trinajstić information content (AvgIpc) is 1.81.